The second-order valence-corrected chi connectivity index (χ2v) is 8.67. The molecule has 3 aromatic rings. The van der Waals surface area contributed by atoms with Crippen LogP contribution in [-0.4, -0.2) is 18.9 Å². The SMILES string of the molecule is CCCCc1ccc(N2C(=O)C(Nc3cc(C)cc(C)c3)=C(c3ccccc3OC)C2=O)cc1. The van der Waals surface area contributed by atoms with Crippen molar-refractivity contribution < 1.29 is 14.3 Å². The molecule has 1 aliphatic rings. The number of para-hydroxylation sites is 1. The van der Waals surface area contributed by atoms with Crippen molar-refractivity contribution in [3.63, 3.8) is 0 Å². The normalized spacial score (nSPS) is 13.6. The summed E-state index contributed by atoms with van der Waals surface area (Å²) in [5, 5.41) is 3.25. The topological polar surface area (TPSA) is 58.6 Å². The quantitative estimate of drug-likeness (QED) is 0.421. The maximum absolute atomic E-state index is 13.7. The third-order valence-electron chi connectivity index (χ3n) is 5.96. The van der Waals surface area contributed by atoms with E-state index in [0.717, 1.165) is 36.1 Å². The predicted octanol–water partition coefficient (Wildman–Crippen LogP) is 6.05. The first-order valence-corrected chi connectivity index (χ1v) is 11.6. The number of unbranched alkanes of at least 4 members (excludes halogenated alkanes) is 1. The average Bonchev–Trinajstić information content (AvgIpc) is 3.06. The highest BCUT2D eigenvalue weighted by molar-refractivity contribution is 6.46. The Morgan fingerprint density at radius 1 is 0.882 bits per heavy atom. The van der Waals surface area contributed by atoms with Crippen LogP contribution in [0.2, 0.25) is 0 Å². The van der Waals surface area contributed by atoms with Gasteiger partial charge in [-0.2, -0.15) is 0 Å². The Morgan fingerprint density at radius 2 is 1.56 bits per heavy atom. The molecular formula is C29H30N2O3. The van der Waals surface area contributed by atoms with E-state index in [2.05, 4.69) is 18.3 Å². The van der Waals surface area contributed by atoms with Crippen LogP contribution in [0, 0.1) is 13.8 Å². The average molecular weight is 455 g/mol. The number of anilines is 2. The number of hydrogen-bond donors (Lipinski definition) is 1. The van der Waals surface area contributed by atoms with Crippen molar-refractivity contribution in [3.8, 4) is 5.75 Å². The van der Waals surface area contributed by atoms with E-state index in [9.17, 15) is 9.59 Å². The maximum atomic E-state index is 13.7. The molecule has 0 unspecified atom stereocenters. The van der Waals surface area contributed by atoms with Crippen LogP contribution in [0.15, 0.2) is 72.4 Å². The van der Waals surface area contributed by atoms with Crippen molar-refractivity contribution in [2.45, 2.75) is 40.0 Å². The van der Waals surface area contributed by atoms with Crippen LogP contribution >= 0.6 is 0 Å². The Kier molecular flexibility index (Phi) is 6.82. The van der Waals surface area contributed by atoms with Gasteiger partial charge >= 0.3 is 0 Å². The van der Waals surface area contributed by atoms with Crippen LogP contribution in [-0.2, 0) is 16.0 Å². The second kappa shape index (κ2) is 9.96. The molecule has 0 bridgehead atoms. The summed E-state index contributed by atoms with van der Waals surface area (Å²) >= 11 is 0. The molecule has 1 heterocycles. The minimum Gasteiger partial charge on any atom is -0.496 e. The van der Waals surface area contributed by atoms with Gasteiger partial charge in [0.25, 0.3) is 11.8 Å². The van der Waals surface area contributed by atoms with Gasteiger partial charge in [-0.15, -0.1) is 0 Å². The van der Waals surface area contributed by atoms with Crippen molar-refractivity contribution in [3.05, 3.63) is 94.7 Å². The van der Waals surface area contributed by atoms with Crippen molar-refractivity contribution in [1.29, 1.82) is 0 Å². The summed E-state index contributed by atoms with van der Waals surface area (Å²) in [4.78, 5) is 28.6. The van der Waals surface area contributed by atoms with Crippen molar-refractivity contribution >= 4 is 28.8 Å². The highest BCUT2D eigenvalue weighted by Gasteiger charge is 2.41. The smallest absolute Gasteiger partial charge is 0.282 e. The second-order valence-electron chi connectivity index (χ2n) is 8.67. The molecule has 0 aliphatic carbocycles. The minimum atomic E-state index is -0.383. The number of methoxy groups -OCH3 is 1. The molecule has 0 atom stereocenters. The molecule has 0 spiro atoms. The Labute approximate surface area is 201 Å². The van der Waals surface area contributed by atoms with E-state index in [4.69, 9.17) is 4.74 Å². The van der Waals surface area contributed by atoms with Gasteiger partial charge in [-0.1, -0.05) is 49.7 Å². The summed E-state index contributed by atoms with van der Waals surface area (Å²) in [7, 11) is 1.56. The fraction of sp³-hybridized carbons (Fsp3) is 0.241. The van der Waals surface area contributed by atoms with Crippen molar-refractivity contribution in [1.82, 2.24) is 0 Å². The molecule has 34 heavy (non-hydrogen) atoms. The first-order valence-electron chi connectivity index (χ1n) is 11.6. The zero-order chi connectivity index (χ0) is 24.2. The van der Waals surface area contributed by atoms with Gasteiger partial charge < -0.3 is 10.1 Å². The Bertz CT molecular complexity index is 1240. The third-order valence-corrected chi connectivity index (χ3v) is 5.96. The lowest BCUT2D eigenvalue weighted by molar-refractivity contribution is -0.120. The number of carbonyl (C=O) groups is 2. The monoisotopic (exact) mass is 454 g/mol. The first kappa shape index (κ1) is 23.3. The van der Waals surface area contributed by atoms with Gasteiger partial charge in [-0.3, -0.25) is 9.59 Å². The number of aryl methyl sites for hydroxylation is 3. The third kappa shape index (κ3) is 4.60. The molecule has 0 saturated carbocycles. The van der Waals surface area contributed by atoms with Crippen LogP contribution in [0.4, 0.5) is 11.4 Å². The molecule has 4 rings (SSSR count). The zero-order valence-electron chi connectivity index (χ0n) is 20.1. The van der Waals surface area contributed by atoms with Gasteiger partial charge in [0.2, 0.25) is 0 Å². The van der Waals surface area contributed by atoms with Crippen LogP contribution in [0.1, 0.15) is 42.0 Å². The van der Waals surface area contributed by atoms with E-state index >= 15 is 0 Å². The summed E-state index contributed by atoms with van der Waals surface area (Å²) in [6, 6.07) is 20.9. The van der Waals surface area contributed by atoms with Gasteiger partial charge in [0.15, 0.2) is 0 Å². The Morgan fingerprint density at radius 3 is 2.21 bits per heavy atom. The fourth-order valence-electron chi connectivity index (χ4n) is 4.36. The summed E-state index contributed by atoms with van der Waals surface area (Å²) in [6.07, 6.45) is 3.19. The molecule has 174 valence electrons. The maximum Gasteiger partial charge on any atom is 0.282 e. The lowest BCUT2D eigenvalue weighted by atomic mass is 10.0. The number of carbonyl (C=O) groups excluding carboxylic acids is 2. The number of nitrogens with zero attached hydrogens (tertiary/aromatic N) is 1. The van der Waals surface area contributed by atoms with E-state index in [1.807, 2.05) is 62.4 Å². The summed E-state index contributed by atoms with van der Waals surface area (Å²) in [5.74, 6) is -0.218. The molecule has 0 aromatic heterocycles. The van der Waals surface area contributed by atoms with Gasteiger partial charge in [0.1, 0.15) is 11.4 Å². The summed E-state index contributed by atoms with van der Waals surface area (Å²) < 4.78 is 5.53. The van der Waals surface area contributed by atoms with Gasteiger partial charge in [-0.25, -0.2) is 4.90 Å². The van der Waals surface area contributed by atoms with E-state index < -0.39 is 0 Å². The van der Waals surface area contributed by atoms with E-state index in [0.29, 0.717) is 22.6 Å². The fourth-order valence-corrected chi connectivity index (χ4v) is 4.36. The lowest BCUT2D eigenvalue weighted by Crippen LogP contribution is -2.32. The highest BCUT2D eigenvalue weighted by Crippen LogP contribution is 2.37. The number of nitrogens with one attached hydrogen (secondary N) is 1. The zero-order valence-corrected chi connectivity index (χ0v) is 20.1. The largest absolute Gasteiger partial charge is 0.496 e. The van der Waals surface area contributed by atoms with E-state index in [1.54, 1.807) is 19.2 Å². The van der Waals surface area contributed by atoms with Crippen molar-refractivity contribution in [2.75, 3.05) is 17.3 Å². The first-order chi connectivity index (χ1) is 16.4. The molecule has 1 aliphatic heterocycles. The number of amides is 2. The van der Waals surface area contributed by atoms with Crippen LogP contribution in [0.25, 0.3) is 5.57 Å². The highest BCUT2D eigenvalue weighted by atomic mass is 16.5. The van der Waals surface area contributed by atoms with Gasteiger partial charge in [0.05, 0.1) is 18.4 Å². The van der Waals surface area contributed by atoms with Gasteiger partial charge in [0, 0.05) is 11.3 Å². The van der Waals surface area contributed by atoms with Crippen molar-refractivity contribution in [2.24, 2.45) is 0 Å². The van der Waals surface area contributed by atoms with E-state index in [-0.39, 0.29) is 17.5 Å². The number of hydrogen-bond acceptors (Lipinski definition) is 4. The predicted molar refractivity (Wildman–Crippen MR) is 137 cm³/mol. The Hall–Kier alpha value is -3.86. The molecular weight excluding hydrogens is 424 g/mol. The molecule has 0 saturated heterocycles. The Balaban J connectivity index is 1.78. The molecule has 5 nitrogen and oxygen atoms in total. The van der Waals surface area contributed by atoms with E-state index in [1.165, 1.54) is 10.5 Å². The number of benzene rings is 3. The molecule has 0 fully saturated rings. The van der Waals surface area contributed by atoms with Crippen LogP contribution in [0.3, 0.4) is 0 Å². The molecule has 2 amide bonds. The molecule has 0 radical (unpaired) electrons. The number of imide groups is 1. The standard InChI is InChI=1S/C29H30N2O3/c1-5-6-9-21-12-14-23(15-13-21)31-28(32)26(24-10-7-8-11-25(24)34-4)27(29(31)33)30-22-17-19(2)16-20(3)18-22/h7-8,10-18,30H,5-6,9H2,1-4H3. The van der Waals surface area contributed by atoms with Crippen LogP contribution < -0.4 is 15.0 Å². The molecule has 3 aromatic carbocycles. The van der Waals surface area contributed by atoms with Gasteiger partial charge in [-0.05, 0) is 73.7 Å². The summed E-state index contributed by atoms with van der Waals surface area (Å²) in [5.41, 5.74) is 5.77. The lowest BCUT2D eigenvalue weighted by Gasteiger charge is -2.16. The van der Waals surface area contributed by atoms with Crippen LogP contribution in [0.5, 0.6) is 5.75 Å². The summed E-state index contributed by atoms with van der Waals surface area (Å²) in [6.45, 7) is 6.16. The molecule has 1 N–H and O–H groups in total. The molecule has 5 heteroatoms. The number of ether oxygens (including phenoxy) is 1. The number of rotatable bonds is 8. The minimum absolute atomic E-state index is 0.245.